The molecule has 0 radical (unpaired) electrons. The molecule has 0 aliphatic carbocycles. The van der Waals surface area contributed by atoms with Crippen molar-refractivity contribution >= 4 is 0 Å². The molecule has 0 saturated carbocycles. The molecule has 0 aliphatic rings. The molecule has 0 rings (SSSR count). The third-order valence-corrected chi connectivity index (χ3v) is 3.04. The quantitative estimate of drug-likeness (QED) is 0.579. The summed E-state index contributed by atoms with van der Waals surface area (Å²) >= 11 is 0. The van der Waals surface area contributed by atoms with E-state index in [1.54, 1.807) is 0 Å². The van der Waals surface area contributed by atoms with Crippen molar-refractivity contribution in [1.29, 1.82) is 0 Å². The van der Waals surface area contributed by atoms with Crippen molar-refractivity contribution in [1.82, 2.24) is 4.90 Å². The molecule has 1 heteroatoms. The Bertz CT molecular complexity index is 206. The second-order valence-electron chi connectivity index (χ2n) is 4.63. The minimum atomic E-state index is 0.585. The molecule has 0 amide bonds. The molecule has 17 heavy (non-hydrogen) atoms. The van der Waals surface area contributed by atoms with Gasteiger partial charge in [-0.25, -0.2) is 0 Å². The number of allylic oxidation sites excluding steroid dienone is 2. The van der Waals surface area contributed by atoms with Crippen LogP contribution in [0.1, 0.15) is 48.0 Å². The predicted octanol–water partition coefficient (Wildman–Crippen LogP) is 4.76. The average molecular weight is 239 g/mol. The maximum atomic E-state index is 3.85. The molecule has 0 spiro atoms. The highest BCUT2D eigenvalue weighted by molar-refractivity contribution is 5.18. The van der Waals surface area contributed by atoms with Gasteiger partial charge in [-0.3, -0.25) is 0 Å². The third-order valence-electron chi connectivity index (χ3n) is 3.04. The maximum absolute atomic E-state index is 3.85. The van der Waals surface area contributed by atoms with E-state index in [9.17, 15) is 0 Å². The van der Waals surface area contributed by atoms with Crippen molar-refractivity contribution in [2.75, 3.05) is 20.1 Å². The Morgan fingerprint density at radius 3 is 2.12 bits per heavy atom. The van der Waals surface area contributed by atoms with E-state index in [1.165, 1.54) is 18.5 Å². The van der Waals surface area contributed by atoms with Crippen molar-refractivity contribution in [2.24, 2.45) is 11.8 Å². The number of rotatable bonds is 7. The molecule has 0 aromatic heterocycles. The topological polar surface area (TPSA) is 3.24 Å². The molecule has 2 unspecified atom stereocenters. The van der Waals surface area contributed by atoms with Gasteiger partial charge in [-0.15, -0.1) is 0 Å². The van der Waals surface area contributed by atoms with Gasteiger partial charge in [-0.2, -0.15) is 0 Å². The van der Waals surface area contributed by atoms with Gasteiger partial charge >= 0.3 is 0 Å². The Kier molecular flexibility index (Phi) is 13.2. The predicted molar refractivity (Wildman–Crippen MR) is 81.4 cm³/mol. The molecule has 0 fully saturated rings. The summed E-state index contributed by atoms with van der Waals surface area (Å²) in [5.41, 5.74) is 1.35. The molecule has 0 aromatic rings. The lowest BCUT2D eigenvalue weighted by atomic mass is 10.00. The minimum absolute atomic E-state index is 0.585. The molecule has 102 valence electrons. The second kappa shape index (κ2) is 11.9. The summed E-state index contributed by atoms with van der Waals surface area (Å²) in [6, 6.07) is 0. The van der Waals surface area contributed by atoms with E-state index in [0.29, 0.717) is 5.92 Å². The zero-order valence-electron chi connectivity index (χ0n) is 13.1. The summed E-state index contributed by atoms with van der Waals surface area (Å²) in [5.74, 6) is 1.38. The maximum Gasteiger partial charge on any atom is 0.00445 e. The normalized spacial score (nSPS) is 14.9. The van der Waals surface area contributed by atoms with Crippen molar-refractivity contribution in [3.8, 4) is 0 Å². The van der Waals surface area contributed by atoms with Crippen LogP contribution in [0.25, 0.3) is 0 Å². The summed E-state index contributed by atoms with van der Waals surface area (Å²) < 4.78 is 0. The van der Waals surface area contributed by atoms with E-state index < -0.39 is 0 Å². The van der Waals surface area contributed by atoms with Crippen LogP contribution in [0, 0.1) is 11.8 Å². The zero-order valence-corrected chi connectivity index (χ0v) is 13.1. The van der Waals surface area contributed by atoms with E-state index >= 15 is 0 Å². The van der Waals surface area contributed by atoms with Gasteiger partial charge in [0.2, 0.25) is 0 Å². The smallest absolute Gasteiger partial charge is 0.00445 e. The van der Waals surface area contributed by atoms with E-state index in [4.69, 9.17) is 0 Å². The first-order chi connectivity index (χ1) is 8.04. The van der Waals surface area contributed by atoms with Crippen molar-refractivity contribution < 1.29 is 0 Å². The molecule has 0 heterocycles. The van der Waals surface area contributed by atoms with Crippen molar-refractivity contribution in [2.45, 2.75) is 48.0 Å². The van der Waals surface area contributed by atoms with Crippen LogP contribution < -0.4 is 0 Å². The minimum Gasteiger partial charge on any atom is -0.306 e. The Balaban J connectivity index is 0. The summed E-state index contributed by atoms with van der Waals surface area (Å²) in [7, 11) is 2.21. The first-order valence-electron chi connectivity index (χ1n) is 7.02. The van der Waals surface area contributed by atoms with Crippen LogP contribution in [0.5, 0.6) is 0 Å². The highest BCUT2D eigenvalue weighted by atomic mass is 15.1. The largest absolute Gasteiger partial charge is 0.306 e. The molecule has 0 saturated heterocycles. The highest BCUT2D eigenvalue weighted by Crippen LogP contribution is 2.13. The first kappa shape index (κ1) is 18.8. The molecule has 1 nitrogen and oxygen atoms in total. The van der Waals surface area contributed by atoms with Gasteiger partial charge in [0.15, 0.2) is 0 Å². The van der Waals surface area contributed by atoms with Gasteiger partial charge in [-0.05, 0) is 31.4 Å². The number of nitrogens with zero attached hydrogens (tertiary/aromatic N) is 1. The summed E-state index contributed by atoms with van der Waals surface area (Å²) in [4.78, 5) is 2.42. The molecular weight excluding hydrogens is 206 g/mol. The van der Waals surface area contributed by atoms with Crippen molar-refractivity contribution in [3.05, 3.63) is 24.3 Å². The fourth-order valence-corrected chi connectivity index (χ4v) is 1.91. The monoisotopic (exact) mass is 239 g/mol. The number of hydrogen-bond acceptors (Lipinski definition) is 1. The molecule has 0 aliphatic heterocycles. The summed E-state index contributed by atoms with van der Waals surface area (Å²) in [5, 5.41) is 0. The lowest BCUT2D eigenvalue weighted by Gasteiger charge is -2.24. The molecule has 0 aromatic carbocycles. The second-order valence-corrected chi connectivity index (χ2v) is 4.63. The molecule has 0 bridgehead atoms. The van der Waals surface area contributed by atoms with Gasteiger partial charge < -0.3 is 4.90 Å². The van der Waals surface area contributed by atoms with E-state index in [0.717, 1.165) is 12.5 Å². The van der Waals surface area contributed by atoms with Gasteiger partial charge in [0.25, 0.3) is 0 Å². The third kappa shape index (κ3) is 9.17. The SMILES string of the molecule is C=C/C(=C\C)C(C)CN(C)CC(C)CC.CC. The van der Waals surface area contributed by atoms with E-state index in [1.807, 2.05) is 19.9 Å². The lowest BCUT2D eigenvalue weighted by molar-refractivity contribution is 0.261. The Morgan fingerprint density at radius 2 is 1.76 bits per heavy atom. The highest BCUT2D eigenvalue weighted by Gasteiger charge is 2.10. The molecule has 2 atom stereocenters. The average Bonchev–Trinajstić information content (AvgIpc) is 2.32. The lowest BCUT2D eigenvalue weighted by Crippen LogP contribution is -2.29. The first-order valence-corrected chi connectivity index (χ1v) is 7.02. The zero-order chi connectivity index (χ0) is 13.8. The van der Waals surface area contributed by atoms with E-state index in [2.05, 4.69) is 52.3 Å². The standard InChI is InChI=1S/C14H27N.C2H6/c1-7-12(4)10-15(6)11-13(5)14(8-2)9-3;1-2/h8-9,12-13H,2,7,10-11H2,1,3-6H3;1-2H3/b14-9+;. The molecular formula is C16H33N. The Hall–Kier alpha value is -0.560. The van der Waals surface area contributed by atoms with Crippen LogP contribution in [-0.4, -0.2) is 25.0 Å². The van der Waals surface area contributed by atoms with Crippen LogP contribution in [0.4, 0.5) is 0 Å². The fraction of sp³-hybridized carbons (Fsp3) is 0.750. The fourth-order valence-electron chi connectivity index (χ4n) is 1.91. The van der Waals surface area contributed by atoms with Crippen LogP contribution in [0.15, 0.2) is 24.3 Å². The summed E-state index contributed by atoms with van der Waals surface area (Å²) in [6.07, 6.45) is 5.40. The van der Waals surface area contributed by atoms with Gasteiger partial charge in [0.05, 0.1) is 0 Å². The van der Waals surface area contributed by atoms with E-state index in [-0.39, 0.29) is 0 Å². The van der Waals surface area contributed by atoms with Gasteiger partial charge in [0, 0.05) is 13.1 Å². The summed E-state index contributed by atoms with van der Waals surface area (Å²) in [6.45, 7) is 19.1. The molecule has 0 N–H and O–H groups in total. The Labute approximate surface area is 110 Å². The van der Waals surface area contributed by atoms with Crippen molar-refractivity contribution in [3.63, 3.8) is 0 Å². The van der Waals surface area contributed by atoms with Crippen LogP contribution >= 0.6 is 0 Å². The van der Waals surface area contributed by atoms with Crippen LogP contribution in [0.3, 0.4) is 0 Å². The number of hydrogen-bond donors (Lipinski definition) is 0. The Morgan fingerprint density at radius 1 is 1.24 bits per heavy atom. The van der Waals surface area contributed by atoms with Gasteiger partial charge in [-0.1, -0.05) is 59.8 Å². The van der Waals surface area contributed by atoms with Crippen LogP contribution in [0.2, 0.25) is 0 Å². The van der Waals surface area contributed by atoms with Gasteiger partial charge in [0.1, 0.15) is 0 Å². The van der Waals surface area contributed by atoms with Crippen LogP contribution in [-0.2, 0) is 0 Å².